The number of carbonyl (C=O) groups excluding carboxylic acids is 3. The molecule has 1 aromatic carbocycles. The first-order chi connectivity index (χ1) is 13.9. The summed E-state index contributed by atoms with van der Waals surface area (Å²) in [6, 6.07) is 7.39. The molecule has 1 aliphatic heterocycles. The van der Waals surface area contributed by atoms with E-state index in [0.29, 0.717) is 19.5 Å². The number of nitrogens with zero attached hydrogens (tertiary/aromatic N) is 3. The van der Waals surface area contributed by atoms with E-state index in [1.54, 1.807) is 0 Å². The average molecular weight is 397 g/mol. The van der Waals surface area contributed by atoms with Crippen molar-refractivity contribution in [2.24, 2.45) is 5.92 Å². The van der Waals surface area contributed by atoms with Crippen molar-refractivity contribution in [3.8, 4) is 0 Å². The van der Waals surface area contributed by atoms with Gasteiger partial charge in [0.25, 0.3) is 5.91 Å². The van der Waals surface area contributed by atoms with Gasteiger partial charge in [-0.2, -0.15) is 0 Å². The van der Waals surface area contributed by atoms with Crippen LogP contribution in [-0.4, -0.2) is 50.9 Å². The fraction of sp³-hybridized carbons (Fsp3) is 0.524. The van der Waals surface area contributed by atoms with Crippen molar-refractivity contribution < 1.29 is 14.4 Å². The first-order valence-electron chi connectivity index (χ1n) is 10.2. The van der Waals surface area contributed by atoms with Crippen LogP contribution in [0.5, 0.6) is 0 Å². The first kappa shape index (κ1) is 19.4. The predicted molar refractivity (Wildman–Crippen MR) is 108 cm³/mol. The highest BCUT2D eigenvalue weighted by molar-refractivity contribution is 6.09. The largest absolute Gasteiger partial charge is 0.353 e. The maximum Gasteiger partial charge on any atom is 0.325 e. The number of para-hydroxylation sites is 2. The number of amides is 4. The van der Waals surface area contributed by atoms with Crippen molar-refractivity contribution in [2.45, 2.75) is 51.6 Å². The molecule has 2 heterocycles. The van der Waals surface area contributed by atoms with Crippen LogP contribution in [0.2, 0.25) is 0 Å². The number of imide groups is 1. The number of hydrogen-bond acceptors (Lipinski definition) is 4. The topological polar surface area (TPSA) is 96.3 Å². The fourth-order valence-electron chi connectivity index (χ4n) is 4.62. The molecule has 1 spiro atoms. The van der Waals surface area contributed by atoms with Gasteiger partial charge in [-0.05, 0) is 37.8 Å². The molecule has 0 radical (unpaired) electrons. The van der Waals surface area contributed by atoms with Gasteiger partial charge in [0.2, 0.25) is 5.91 Å². The first-order valence-corrected chi connectivity index (χ1v) is 10.2. The van der Waals surface area contributed by atoms with Crippen molar-refractivity contribution in [1.29, 1.82) is 0 Å². The van der Waals surface area contributed by atoms with E-state index in [2.05, 4.69) is 15.6 Å². The summed E-state index contributed by atoms with van der Waals surface area (Å²) in [5.41, 5.74) is 1.10. The summed E-state index contributed by atoms with van der Waals surface area (Å²) >= 11 is 0. The smallest absolute Gasteiger partial charge is 0.325 e. The predicted octanol–water partition coefficient (Wildman–Crippen LogP) is 1.96. The zero-order valence-corrected chi connectivity index (χ0v) is 16.9. The maximum atomic E-state index is 12.9. The van der Waals surface area contributed by atoms with Gasteiger partial charge in [-0.15, -0.1) is 0 Å². The van der Waals surface area contributed by atoms with Crippen LogP contribution in [0.15, 0.2) is 24.3 Å². The molecule has 8 nitrogen and oxygen atoms in total. The number of aryl methyl sites for hydroxylation is 1. The van der Waals surface area contributed by atoms with Crippen LogP contribution in [0.1, 0.15) is 38.4 Å². The van der Waals surface area contributed by atoms with Crippen molar-refractivity contribution in [3.63, 3.8) is 0 Å². The van der Waals surface area contributed by atoms with Crippen LogP contribution < -0.4 is 10.6 Å². The number of urea groups is 1. The Morgan fingerprint density at radius 1 is 1.31 bits per heavy atom. The Kier molecular flexibility index (Phi) is 5.02. The Labute approximate surface area is 169 Å². The van der Waals surface area contributed by atoms with Gasteiger partial charge in [-0.3, -0.25) is 14.5 Å². The van der Waals surface area contributed by atoms with Gasteiger partial charge in [0.15, 0.2) is 0 Å². The normalized spacial score (nSPS) is 24.3. The minimum absolute atomic E-state index is 0.0817. The molecule has 2 fully saturated rings. The molecular weight excluding hydrogens is 370 g/mol. The Balaban J connectivity index is 1.36. The molecule has 8 heteroatoms. The third-order valence-corrected chi connectivity index (χ3v) is 6.31. The number of nitrogens with one attached hydrogen (secondary N) is 2. The molecule has 4 rings (SSSR count). The van der Waals surface area contributed by atoms with E-state index in [9.17, 15) is 14.4 Å². The summed E-state index contributed by atoms with van der Waals surface area (Å²) < 4.78 is 2.04. The second-order valence-electron chi connectivity index (χ2n) is 8.09. The average Bonchev–Trinajstić information content (AvgIpc) is 3.13. The number of rotatable bonds is 5. The van der Waals surface area contributed by atoms with E-state index < -0.39 is 11.6 Å². The highest BCUT2D eigenvalue weighted by Gasteiger charge is 2.55. The second kappa shape index (κ2) is 7.50. The van der Waals surface area contributed by atoms with Crippen LogP contribution >= 0.6 is 0 Å². The molecule has 2 aromatic rings. The van der Waals surface area contributed by atoms with Crippen LogP contribution in [0, 0.1) is 12.8 Å². The molecule has 2 aliphatic rings. The standard InChI is InChI=1S/C21H27N5O3/c1-14-7-5-6-10-21(14)19(28)26(20(29)24-21)13-18(27)22-11-12-25-15(2)23-16-8-3-4-9-17(16)25/h3-4,8-9,14H,5-7,10-13H2,1-2H3,(H,22,27)(H,24,29)/t14-,21+/m0/s1. The fourth-order valence-corrected chi connectivity index (χ4v) is 4.62. The molecule has 1 aromatic heterocycles. The lowest BCUT2D eigenvalue weighted by Crippen LogP contribution is -2.54. The second-order valence-corrected chi connectivity index (χ2v) is 8.09. The van der Waals surface area contributed by atoms with Gasteiger partial charge in [0.05, 0.1) is 11.0 Å². The summed E-state index contributed by atoms with van der Waals surface area (Å²) in [6.45, 7) is 4.64. The van der Waals surface area contributed by atoms with E-state index in [1.165, 1.54) is 0 Å². The van der Waals surface area contributed by atoms with Crippen molar-refractivity contribution >= 4 is 28.9 Å². The minimum atomic E-state index is -0.831. The number of imidazole rings is 1. The number of benzene rings is 1. The van der Waals surface area contributed by atoms with E-state index in [0.717, 1.165) is 41.0 Å². The Bertz CT molecular complexity index is 968. The summed E-state index contributed by atoms with van der Waals surface area (Å²) in [5, 5.41) is 5.70. The lowest BCUT2D eigenvalue weighted by Gasteiger charge is -2.36. The Hall–Kier alpha value is -2.90. The van der Waals surface area contributed by atoms with Gasteiger partial charge in [0.1, 0.15) is 17.9 Å². The zero-order valence-electron chi connectivity index (χ0n) is 16.9. The Morgan fingerprint density at radius 2 is 2.10 bits per heavy atom. The minimum Gasteiger partial charge on any atom is -0.353 e. The van der Waals surface area contributed by atoms with Gasteiger partial charge >= 0.3 is 6.03 Å². The van der Waals surface area contributed by atoms with E-state index in [1.807, 2.05) is 42.7 Å². The Morgan fingerprint density at radius 3 is 2.90 bits per heavy atom. The van der Waals surface area contributed by atoms with Gasteiger partial charge < -0.3 is 15.2 Å². The molecule has 2 N–H and O–H groups in total. The lowest BCUT2D eigenvalue weighted by atomic mass is 9.73. The molecule has 29 heavy (non-hydrogen) atoms. The summed E-state index contributed by atoms with van der Waals surface area (Å²) in [6.07, 6.45) is 3.53. The summed E-state index contributed by atoms with van der Waals surface area (Å²) in [7, 11) is 0. The lowest BCUT2D eigenvalue weighted by molar-refractivity contribution is -0.137. The molecule has 0 unspecified atom stereocenters. The van der Waals surface area contributed by atoms with E-state index in [-0.39, 0.29) is 24.3 Å². The number of carbonyl (C=O) groups is 3. The van der Waals surface area contributed by atoms with E-state index in [4.69, 9.17) is 0 Å². The van der Waals surface area contributed by atoms with Gasteiger partial charge in [-0.1, -0.05) is 31.9 Å². The van der Waals surface area contributed by atoms with Crippen LogP contribution in [0.4, 0.5) is 4.79 Å². The SMILES string of the molecule is Cc1nc2ccccc2n1CCNC(=O)CN1C(=O)N[C@@]2(CCCC[C@@H]2C)C1=O. The van der Waals surface area contributed by atoms with Gasteiger partial charge in [-0.25, -0.2) is 9.78 Å². The number of aromatic nitrogens is 2. The highest BCUT2D eigenvalue weighted by atomic mass is 16.2. The molecule has 1 aliphatic carbocycles. The van der Waals surface area contributed by atoms with E-state index >= 15 is 0 Å². The molecule has 1 saturated carbocycles. The van der Waals surface area contributed by atoms with Crippen LogP contribution in [0.25, 0.3) is 11.0 Å². The third-order valence-electron chi connectivity index (χ3n) is 6.31. The van der Waals surface area contributed by atoms with Crippen molar-refractivity contribution in [1.82, 2.24) is 25.1 Å². The molecule has 2 atom stereocenters. The molecule has 154 valence electrons. The summed E-state index contributed by atoms with van der Waals surface area (Å²) in [4.78, 5) is 43.3. The maximum absolute atomic E-state index is 12.9. The van der Waals surface area contributed by atoms with Crippen LogP contribution in [-0.2, 0) is 16.1 Å². The number of hydrogen-bond donors (Lipinski definition) is 2. The molecular formula is C21H27N5O3. The molecule has 4 amide bonds. The summed E-state index contributed by atoms with van der Waals surface area (Å²) in [5.74, 6) is 0.360. The zero-order chi connectivity index (χ0) is 20.6. The third kappa shape index (κ3) is 3.36. The monoisotopic (exact) mass is 397 g/mol. The molecule has 1 saturated heterocycles. The highest BCUT2D eigenvalue weighted by Crippen LogP contribution is 2.38. The quantitative estimate of drug-likeness (QED) is 0.754. The molecule has 0 bridgehead atoms. The van der Waals surface area contributed by atoms with Crippen molar-refractivity contribution in [3.05, 3.63) is 30.1 Å². The number of fused-ring (bicyclic) bond motifs is 1. The van der Waals surface area contributed by atoms with Gasteiger partial charge in [0, 0.05) is 13.1 Å². The van der Waals surface area contributed by atoms with Crippen molar-refractivity contribution in [2.75, 3.05) is 13.1 Å². The van der Waals surface area contributed by atoms with Crippen LogP contribution in [0.3, 0.4) is 0 Å².